The zero-order valence-electron chi connectivity index (χ0n) is 17.2. The Bertz CT molecular complexity index is 1330. The van der Waals surface area contributed by atoms with Crippen molar-refractivity contribution < 1.29 is 19.1 Å². The van der Waals surface area contributed by atoms with E-state index >= 15 is 0 Å². The lowest BCUT2D eigenvalue weighted by molar-refractivity contribution is 0.0932. The zero-order valence-corrected chi connectivity index (χ0v) is 17.2. The van der Waals surface area contributed by atoms with Gasteiger partial charge in [0.1, 0.15) is 17.6 Å². The van der Waals surface area contributed by atoms with Crippen LogP contribution < -0.4 is 15.2 Å². The molecule has 5 rings (SSSR count). The van der Waals surface area contributed by atoms with Gasteiger partial charge in [-0.25, -0.2) is 0 Å². The number of nitrogens with two attached hydrogens (primary N) is 1. The minimum absolute atomic E-state index is 0.0662. The number of benzene rings is 3. The topological polar surface area (TPSA) is 91.5 Å². The molecule has 1 aliphatic rings. The van der Waals surface area contributed by atoms with Gasteiger partial charge in [0.2, 0.25) is 5.91 Å². The molecule has 0 radical (unpaired) electrons. The number of hydrogen-bond acceptors (Lipinski definition) is 5. The second-order valence-corrected chi connectivity index (χ2v) is 7.57. The summed E-state index contributed by atoms with van der Waals surface area (Å²) in [5, 5.41) is 1.63. The van der Waals surface area contributed by atoms with Crippen molar-refractivity contribution in [2.75, 3.05) is 6.61 Å². The number of amides is 1. The molecule has 0 spiro atoms. The molecular weight excluding hydrogens is 404 g/mol. The van der Waals surface area contributed by atoms with E-state index in [4.69, 9.17) is 15.2 Å². The van der Waals surface area contributed by atoms with Gasteiger partial charge in [0.15, 0.2) is 5.78 Å². The van der Waals surface area contributed by atoms with Gasteiger partial charge in [0.05, 0.1) is 12.2 Å². The first-order valence-electron chi connectivity index (χ1n) is 10.3. The summed E-state index contributed by atoms with van der Waals surface area (Å²) in [6.45, 7) is 0.363. The van der Waals surface area contributed by atoms with Gasteiger partial charge >= 0.3 is 0 Å². The highest BCUT2D eigenvalue weighted by Gasteiger charge is 2.23. The van der Waals surface area contributed by atoms with E-state index in [1.54, 1.807) is 36.7 Å². The molecule has 32 heavy (non-hydrogen) atoms. The zero-order chi connectivity index (χ0) is 22.1. The fourth-order valence-electron chi connectivity index (χ4n) is 4.07. The summed E-state index contributed by atoms with van der Waals surface area (Å²) in [5.74, 6) is 0.687. The summed E-state index contributed by atoms with van der Waals surface area (Å²) >= 11 is 0. The molecular formula is C26H20N2O4. The van der Waals surface area contributed by atoms with Crippen molar-refractivity contribution in [2.24, 2.45) is 5.73 Å². The van der Waals surface area contributed by atoms with Crippen LogP contribution in [-0.4, -0.2) is 23.3 Å². The lowest BCUT2D eigenvalue weighted by Gasteiger charge is -2.23. The molecule has 1 atom stereocenters. The third kappa shape index (κ3) is 3.56. The highest BCUT2D eigenvalue weighted by Crippen LogP contribution is 2.36. The fourth-order valence-corrected chi connectivity index (χ4v) is 4.07. The monoisotopic (exact) mass is 424 g/mol. The van der Waals surface area contributed by atoms with Crippen LogP contribution in [-0.2, 0) is 0 Å². The van der Waals surface area contributed by atoms with Crippen molar-refractivity contribution >= 4 is 22.5 Å². The Kier molecular flexibility index (Phi) is 5.03. The number of pyridine rings is 1. The minimum atomic E-state index is -0.484. The number of carbonyl (C=O) groups excluding carboxylic acids is 2. The van der Waals surface area contributed by atoms with Gasteiger partial charge in [-0.3, -0.25) is 14.6 Å². The lowest BCUT2D eigenvalue weighted by atomic mass is 9.93. The average molecular weight is 424 g/mol. The average Bonchev–Trinajstić information content (AvgIpc) is 2.82. The Labute approximate surface area is 184 Å². The molecule has 2 heterocycles. The molecule has 0 bridgehead atoms. The quantitative estimate of drug-likeness (QED) is 0.510. The van der Waals surface area contributed by atoms with E-state index < -0.39 is 12.0 Å². The van der Waals surface area contributed by atoms with Gasteiger partial charge in [0.25, 0.3) is 0 Å². The number of ether oxygens (including phenoxy) is 2. The van der Waals surface area contributed by atoms with Crippen LogP contribution in [0.25, 0.3) is 10.8 Å². The summed E-state index contributed by atoms with van der Waals surface area (Å²) < 4.78 is 12.1. The van der Waals surface area contributed by atoms with E-state index in [2.05, 4.69) is 4.98 Å². The largest absolute Gasteiger partial charge is 0.492 e. The predicted molar refractivity (Wildman–Crippen MR) is 120 cm³/mol. The van der Waals surface area contributed by atoms with Crippen LogP contribution >= 0.6 is 0 Å². The van der Waals surface area contributed by atoms with Gasteiger partial charge in [-0.1, -0.05) is 30.3 Å². The number of carbonyl (C=O) groups is 2. The minimum Gasteiger partial charge on any atom is -0.492 e. The molecule has 0 aliphatic carbocycles. The summed E-state index contributed by atoms with van der Waals surface area (Å²) in [6, 6.07) is 20.3. The number of hydrogen-bond donors (Lipinski definition) is 1. The Morgan fingerprint density at radius 3 is 2.56 bits per heavy atom. The van der Waals surface area contributed by atoms with Crippen LogP contribution in [0.1, 0.15) is 44.4 Å². The smallest absolute Gasteiger partial charge is 0.249 e. The number of ketones is 1. The molecule has 0 saturated heterocycles. The molecule has 1 amide bonds. The molecule has 4 aromatic rings. The van der Waals surface area contributed by atoms with Gasteiger partial charge in [0, 0.05) is 36.0 Å². The Morgan fingerprint density at radius 2 is 1.78 bits per heavy atom. The van der Waals surface area contributed by atoms with Crippen LogP contribution in [0.15, 0.2) is 79.1 Å². The van der Waals surface area contributed by atoms with Gasteiger partial charge in [-0.2, -0.15) is 0 Å². The molecule has 6 nitrogen and oxygen atoms in total. The maximum Gasteiger partial charge on any atom is 0.249 e. The van der Waals surface area contributed by atoms with Crippen molar-refractivity contribution in [1.82, 2.24) is 4.98 Å². The van der Waals surface area contributed by atoms with Crippen molar-refractivity contribution in [3.63, 3.8) is 0 Å². The highest BCUT2D eigenvalue weighted by molar-refractivity contribution is 6.07. The number of aromatic nitrogens is 1. The second kappa shape index (κ2) is 8.15. The number of primary amides is 1. The van der Waals surface area contributed by atoms with E-state index in [9.17, 15) is 9.59 Å². The first kappa shape index (κ1) is 19.8. The van der Waals surface area contributed by atoms with Crippen molar-refractivity contribution in [2.45, 2.75) is 12.5 Å². The molecule has 158 valence electrons. The number of fused-ring (bicyclic) bond motifs is 2. The Hall–Kier alpha value is -4.19. The molecule has 2 N–H and O–H groups in total. The van der Waals surface area contributed by atoms with Crippen molar-refractivity contribution in [3.05, 3.63) is 101 Å². The molecule has 3 aromatic carbocycles. The van der Waals surface area contributed by atoms with Crippen molar-refractivity contribution in [1.29, 1.82) is 0 Å². The van der Waals surface area contributed by atoms with Crippen molar-refractivity contribution in [3.8, 4) is 11.5 Å². The van der Waals surface area contributed by atoms with Gasteiger partial charge < -0.3 is 15.2 Å². The van der Waals surface area contributed by atoms with E-state index in [0.717, 1.165) is 21.9 Å². The number of nitrogens with zero attached hydrogens (tertiary/aromatic N) is 1. The van der Waals surface area contributed by atoms with Gasteiger partial charge in [-0.05, 0) is 46.7 Å². The first-order valence-corrected chi connectivity index (χ1v) is 10.3. The molecule has 1 aromatic heterocycles. The van der Waals surface area contributed by atoms with Gasteiger partial charge in [-0.15, -0.1) is 0 Å². The normalized spacial score (nSPS) is 13.8. The van der Waals surface area contributed by atoms with Crippen LogP contribution in [0.2, 0.25) is 0 Å². The Balaban J connectivity index is 1.63. The van der Waals surface area contributed by atoms with Crippen LogP contribution in [0.4, 0.5) is 0 Å². The highest BCUT2D eigenvalue weighted by atomic mass is 16.5. The van der Waals surface area contributed by atoms with E-state index in [-0.39, 0.29) is 5.78 Å². The maximum atomic E-state index is 12.1. The fraction of sp³-hybridized carbons (Fsp3) is 0.115. The molecule has 0 fully saturated rings. The molecule has 0 saturated carbocycles. The van der Waals surface area contributed by atoms with E-state index in [1.807, 2.05) is 42.5 Å². The van der Waals surface area contributed by atoms with Crippen LogP contribution in [0.3, 0.4) is 0 Å². The third-order valence-electron chi connectivity index (χ3n) is 5.61. The standard InChI is InChI=1S/C26H20N2O4/c27-26(30)21-8-7-20(18-3-1-2-4-19(18)21)25(16-9-12-28-13-10-16)32-17-5-6-22-23(29)11-14-31-24(22)15-17/h1-10,12-13,15,25H,11,14H2,(H2,27,30)/t25-/m0/s1. The van der Waals surface area contributed by atoms with E-state index in [1.165, 1.54) is 0 Å². The third-order valence-corrected chi connectivity index (χ3v) is 5.61. The first-order chi connectivity index (χ1) is 15.6. The lowest BCUT2D eigenvalue weighted by Crippen LogP contribution is -2.16. The molecule has 0 unspecified atom stereocenters. The second-order valence-electron chi connectivity index (χ2n) is 7.57. The molecule has 1 aliphatic heterocycles. The summed E-state index contributed by atoms with van der Waals surface area (Å²) in [7, 11) is 0. The van der Waals surface area contributed by atoms with Crippen LogP contribution in [0, 0.1) is 0 Å². The molecule has 6 heteroatoms. The van der Waals surface area contributed by atoms with Crippen LogP contribution in [0.5, 0.6) is 11.5 Å². The number of rotatable bonds is 5. The maximum absolute atomic E-state index is 12.1. The van der Waals surface area contributed by atoms with E-state index in [0.29, 0.717) is 35.7 Å². The SMILES string of the molecule is NC(=O)c1ccc([C@@H](Oc2ccc3c(c2)OCCC3=O)c2ccncc2)c2ccccc12. The summed E-state index contributed by atoms with van der Waals surface area (Å²) in [5.41, 5.74) is 8.40. The Morgan fingerprint density at radius 1 is 1.00 bits per heavy atom. The number of Topliss-reactive ketones (excluding diaryl/α,β-unsaturated/α-hetero) is 1. The predicted octanol–water partition coefficient (Wildman–Crippen LogP) is 4.47. The summed E-state index contributed by atoms with van der Waals surface area (Å²) in [6.07, 6.45) is 3.31. The summed E-state index contributed by atoms with van der Waals surface area (Å²) in [4.78, 5) is 28.2.